The van der Waals surface area contributed by atoms with Crippen molar-refractivity contribution >= 4 is 0 Å². The van der Waals surface area contributed by atoms with Gasteiger partial charge >= 0.3 is 0 Å². The lowest BCUT2D eigenvalue weighted by molar-refractivity contribution is -0.0392. The SMILES string of the molecule is Cc1ccc2c(c1)[C@H](O)CC1(CC(C)(C)CC1C)O2. The fourth-order valence-electron chi connectivity index (χ4n) is 4.20. The number of ether oxygens (including phenoxy) is 1. The van der Waals surface area contributed by atoms with Gasteiger partial charge in [0.15, 0.2) is 0 Å². The number of hydrogen-bond acceptors (Lipinski definition) is 2. The molecule has 1 spiro atoms. The predicted molar refractivity (Wildman–Crippen MR) is 76.3 cm³/mol. The van der Waals surface area contributed by atoms with E-state index in [1.807, 2.05) is 6.07 Å². The third-order valence-corrected chi connectivity index (χ3v) is 4.91. The number of rotatable bonds is 0. The number of hydrogen-bond donors (Lipinski definition) is 1. The van der Waals surface area contributed by atoms with Crippen LogP contribution in [0.3, 0.4) is 0 Å². The molecule has 2 unspecified atom stereocenters. The second kappa shape index (κ2) is 3.99. The molecule has 2 heteroatoms. The van der Waals surface area contributed by atoms with Crippen molar-refractivity contribution in [1.82, 2.24) is 0 Å². The van der Waals surface area contributed by atoms with Gasteiger partial charge in [0.1, 0.15) is 11.4 Å². The Morgan fingerprint density at radius 2 is 2.00 bits per heavy atom. The van der Waals surface area contributed by atoms with Crippen LogP contribution in [0.4, 0.5) is 0 Å². The molecular weight excluding hydrogens is 236 g/mol. The number of fused-ring (bicyclic) bond motifs is 1. The first kappa shape index (κ1) is 13.0. The Balaban J connectivity index is 1.99. The molecule has 2 aliphatic rings. The second-order valence-electron chi connectivity index (χ2n) is 7.37. The summed E-state index contributed by atoms with van der Waals surface area (Å²) in [4.78, 5) is 0. The lowest BCUT2D eigenvalue weighted by atomic mass is 9.81. The molecule has 0 amide bonds. The molecule has 1 aromatic carbocycles. The molecule has 1 aliphatic carbocycles. The Labute approximate surface area is 115 Å². The summed E-state index contributed by atoms with van der Waals surface area (Å²) in [5, 5.41) is 10.5. The first-order valence-electron chi connectivity index (χ1n) is 7.29. The molecule has 0 saturated heterocycles. The first-order chi connectivity index (χ1) is 8.81. The zero-order chi connectivity index (χ0) is 13.8. The summed E-state index contributed by atoms with van der Waals surface area (Å²) in [5.74, 6) is 1.38. The fourth-order valence-corrected chi connectivity index (χ4v) is 4.20. The molecule has 1 aromatic rings. The average Bonchev–Trinajstić information content (AvgIpc) is 2.49. The predicted octanol–water partition coefficient (Wildman–Crippen LogP) is 4.01. The molecule has 2 nitrogen and oxygen atoms in total. The van der Waals surface area contributed by atoms with Crippen molar-refractivity contribution in [3.63, 3.8) is 0 Å². The maximum absolute atomic E-state index is 10.5. The van der Waals surface area contributed by atoms with Crippen LogP contribution in [0, 0.1) is 18.3 Å². The molecule has 0 bridgehead atoms. The zero-order valence-electron chi connectivity index (χ0n) is 12.4. The van der Waals surface area contributed by atoms with E-state index in [2.05, 4.69) is 39.8 Å². The Morgan fingerprint density at radius 1 is 1.26 bits per heavy atom. The van der Waals surface area contributed by atoms with Gasteiger partial charge in [0, 0.05) is 12.0 Å². The Bertz CT molecular complexity index is 506. The van der Waals surface area contributed by atoms with E-state index in [1.54, 1.807) is 0 Å². The first-order valence-corrected chi connectivity index (χ1v) is 7.29. The minimum absolute atomic E-state index is 0.175. The van der Waals surface area contributed by atoms with E-state index < -0.39 is 0 Å². The summed E-state index contributed by atoms with van der Waals surface area (Å²) in [6.07, 6.45) is 2.54. The van der Waals surface area contributed by atoms with Crippen LogP contribution < -0.4 is 4.74 Å². The van der Waals surface area contributed by atoms with Crippen molar-refractivity contribution in [3.8, 4) is 5.75 Å². The highest BCUT2D eigenvalue weighted by Crippen LogP contribution is 2.55. The van der Waals surface area contributed by atoms with E-state index in [1.165, 1.54) is 12.0 Å². The van der Waals surface area contributed by atoms with Gasteiger partial charge in [-0.05, 0) is 43.2 Å². The Hall–Kier alpha value is -1.02. The number of aryl methyl sites for hydroxylation is 1. The topological polar surface area (TPSA) is 29.5 Å². The summed E-state index contributed by atoms with van der Waals surface area (Å²) in [6.45, 7) is 8.93. The van der Waals surface area contributed by atoms with Crippen LogP contribution in [-0.4, -0.2) is 10.7 Å². The summed E-state index contributed by atoms with van der Waals surface area (Å²) < 4.78 is 6.39. The van der Waals surface area contributed by atoms with Gasteiger partial charge in [0.05, 0.1) is 6.10 Å². The van der Waals surface area contributed by atoms with E-state index in [-0.39, 0.29) is 11.7 Å². The van der Waals surface area contributed by atoms with Crippen LogP contribution in [0.15, 0.2) is 18.2 Å². The molecular formula is C17H24O2. The van der Waals surface area contributed by atoms with Gasteiger partial charge in [-0.25, -0.2) is 0 Å². The van der Waals surface area contributed by atoms with Crippen LogP contribution in [0.2, 0.25) is 0 Å². The van der Waals surface area contributed by atoms with Gasteiger partial charge in [0.2, 0.25) is 0 Å². The summed E-state index contributed by atoms with van der Waals surface area (Å²) in [5.41, 5.74) is 2.27. The fraction of sp³-hybridized carbons (Fsp3) is 0.647. The van der Waals surface area contributed by atoms with Crippen molar-refractivity contribution in [2.24, 2.45) is 11.3 Å². The van der Waals surface area contributed by atoms with E-state index in [4.69, 9.17) is 4.74 Å². The highest BCUT2D eigenvalue weighted by atomic mass is 16.5. The van der Waals surface area contributed by atoms with Gasteiger partial charge < -0.3 is 9.84 Å². The van der Waals surface area contributed by atoms with Crippen molar-refractivity contribution < 1.29 is 9.84 Å². The van der Waals surface area contributed by atoms with Crippen LogP contribution in [0.25, 0.3) is 0 Å². The lowest BCUT2D eigenvalue weighted by Crippen LogP contribution is -2.43. The average molecular weight is 260 g/mol. The van der Waals surface area contributed by atoms with Gasteiger partial charge in [-0.15, -0.1) is 0 Å². The van der Waals surface area contributed by atoms with Gasteiger partial charge in [-0.1, -0.05) is 32.4 Å². The molecule has 0 aromatic heterocycles. The van der Waals surface area contributed by atoms with E-state index >= 15 is 0 Å². The summed E-state index contributed by atoms with van der Waals surface area (Å²) in [6, 6.07) is 6.14. The molecule has 104 valence electrons. The molecule has 0 radical (unpaired) electrons. The second-order valence-corrected chi connectivity index (χ2v) is 7.37. The molecule has 1 fully saturated rings. The largest absolute Gasteiger partial charge is 0.486 e. The van der Waals surface area contributed by atoms with Crippen molar-refractivity contribution in [1.29, 1.82) is 0 Å². The van der Waals surface area contributed by atoms with E-state index in [0.717, 1.165) is 24.2 Å². The minimum atomic E-state index is -0.389. The molecule has 3 rings (SSSR count). The molecule has 3 atom stereocenters. The smallest absolute Gasteiger partial charge is 0.125 e. The maximum atomic E-state index is 10.5. The van der Waals surface area contributed by atoms with Crippen molar-refractivity contribution in [3.05, 3.63) is 29.3 Å². The molecule has 1 aliphatic heterocycles. The zero-order valence-corrected chi connectivity index (χ0v) is 12.4. The van der Waals surface area contributed by atoms with Crippen LogP contribution in [0.5, 0.6) is 5.75 Å². The Morgan fingerprint density at radius 3 is 2.63 bits per heavy atom. The van der Waals surface area contributed by atoms with Crippen molar-refractivity contribution in [2.45, 2.75) is 58.7 Å². The minimum Gasteiger partial charge on any atom is -0.486 e. The number of benzene rings is 1. The van der Waals surface area contributed by atoms with Crippen LogP contribution in [0.1, 0.15) is 57.3 Å². The number of aliphatic hydroxyl groups is 1. The normalized spacial score (nSPS) is 36.1. The standard InChI is InChI=1S/C17H24O2/c1-11-5-6-15-13(7-11)14(18)9-17(19-15)10-16(3,4)8-12(17)2/h5-7,12,14,18H,8-10H2,1-4H3/t12?,14-,17?/m1/s1. The highest BCUT2D eigenvalue weighted by Gasteiger charge is 2.53. The van der Waals surface area contributed by atoms with Crippen LogP contribution in [-0.2, 0) is 0 Å². The lowest BCUT2D eigenvalue weighted by Gasteiger charge is -2.41. The van der Waals surface area contributed by atoms with Crippen molar-refractivity contribution in [2.75, 3.05) is 0 Å². The summed E-state index contributed by atoms with van der Waals surface area (Å²) in [7, 11) is 0. The highest BCUT2D eigenvalue weighted by molar-refractivity contribution is 5.41. The maximum Gasteiger partial charge on any atom is 0.125 e. The van der Waals surface area contributed by atoms with Crippen LogP contribution >= 0.6 is 0 Å². The third kappa shape index (κ3) is 2.06. The molecule has 1 saturated carbocycles. The summed E-state index contributed by atoms with van der Waals surface area (Å²) >= 11 is 0. The van der Waals surface area contributed by atoms with E-state index in [0.29, 0.717) is 11.3 Å². The van der Waals surface area contributed by atoms with Gasteiger partial charge in [-0.2, -0.15) is 0 Å². The number of aliphatic hydroxyl groups excluding tert-OH is 1. The van der Waals surface area contributed by atoms with Gasteiger partial charge in [-0.3, -0.25) is 0 Å². The quantitative estimate of drug-likeness (QED) is 0.764. The molecule has 1 N–H and O–H groups in total. The molecule has 19 heavy (non-hydrogen) atoms. The van der Waals surface area contributed by atoms with Gasteiger partial charge in [0.25, 0.3) is 0 Å². The monoisotopic (exact) mass is 260 g/mol. The molecule has 1 heterocycles. The Kier molecular flexibility index (Phi) is 2.72. The van der Waals surface area contributed by atoms with E-state index in [9.17, 15) is 5.11 Å². The third-order valence-electron chi connectivity index (χ3n) is 4.91.